The van der Waals surface area contributed by atoms with Gasteiger partial charge in [0.15, 0.2) is 5.82 Å². The first-order valence-corrected chi connectivity index (χ1v) is 7.03. The Labute approximate surface area is 118 Å². The molecule has 0 bridgehead atoms. The van der Waals surface area contributed by atoms with E-state index in [1.165, 1.54) is 24.1 Å². The first-order valence-electron chi connectivity index (χ1n) is 7.03. The topological polar surface area (TPSA) is 37.8 Å². The van der Waals surface area contributed by atoms with Gasteiger partial charge in [0.2, 0.25) is 0 Å². The number of aryl methyl sites for hydroxylation is 2. The fraction of sp³-hybridized carbons (Fsp3) is 0.375. The molecule has 0 fully saturated rings. The normalized spacial score (nSPS) is 13.9. The van der Waals surface area contributed by atoms with E-state index in [2.05, 4.69) is 15.3 Å². The molecule has 1 N–H and O–H groups in total. The van der Waals surface area contributed by atoms with Crippen molar-refractivity contribution >= 4 is 5.82 Å². The lowest BCUT2D eigenvalue weighted by Crippen LogP contribution is -2.12. The number of hydrogen-bond acceptors (Lipinski definition) is 3. The van der Waals surface area contributed by atoms with Crippen LogP contribution in [0.3, 0.4) is 0 Å². The van der Waals surface area contributed by atoms with Crippen molar-refractivity contribution in [2.24, 2.45) is 0 Å². The molecule has 3 rings (SSSR count). The summed E-state index contributed by atoms with van der Waals surface area (Å²) >= 11 is 0. The molecule has 0 spiro atoms. The van der Waals surface area contributed by atoms with Crippen LogP contribution in [0.5, 0.6) is 0 Å². The number of anilines is 1. The Hall–Kier alpha value is -1.97. The molecule has 0 saturated heterocycles. The van der Waals surface area contributed by atoms with E-state index in [0.29, 0.717) is 5.82 Å². The maximum Gasteiger partial charge on any atom is 0.162 e. The number of fused-ring (bicyclic) bond motifs is 1. The van der Waals surface area contributed by atoms with Gasteiger partial charge in [0.25, 0.3) is 0 Å². The van der Waals surface area contributed by atoms with Crippen LogP contribution in [0.1, 0.15) is 29.7 Å². The van der Waals surface area contributed by atoms with E-state index in [-0.39, 0.29) is 5.82 Å². The van der Waals surface area contributed by atoms with Crippen molar-refractivity contribution in [1.82, 2.24) is 9.97 Å². The van der Waals surface area contributed by atoms with Crippen molar-refractivity contribution < 1.29 is 4.39 Å². The summed E-state index contributed by atoms with van der Waals surface area (Å²) in [5.74, 6) is 1.25. The lowest BCUT2D eigenvalue weighted by Gasteiger charge is -2.19. The Morgan fingerprint density at radius 3 is 2.75 bits per heavy atom. The molecule has 0 aliphatic heterocycles. The molecule has 2 aromatic rings. The molecule has 1 aliphatic carbocycles. The smallest absolute Gasteiger partial charge is 0.162 e. The number of benzene rings is 1. The van der Waals surface area contributed by atoms with Crippen LogP contribution in [0.15, 0.2) is 18.2 Å². The van der Waals surface area contributed by atoms with Crippen molar-refractivity contribution in [3.05, 3.63) is 40.8 Å². The SMILES string of the molecule is CNc1nc(-c2cc(F)ccc2C)nc2c1CCCC2. The summed E-state index contributed by atoms with van der Waals surface area (Å²) in [6.07, 6.45) is 4.35. The van der Waals surface area contributed by atoms with Crippen LogP contribution in [0, 0.1) is 12.7 Å². The Kier molecular flexibility index (Phi) is 3.38. The van der Waals surface area contributed by atoms with Crippen LogP contribution in [0.25, 0.3) is 11.4 Å². The number of nitrogens with zero attached hydrogens (tertiary/aromatic N) is 2. The maximum atomic E-state index is 13.5. The fourth-order valence-electron chi connectivity index (χ4n) is 2.76. The van der Waals surface area contributed by atoms with Crippen molar-refractivity contribution in [3.8, 4) is 11.4 Å². The van der Waals surface area contributed by atoms with Crippen molar-refractivity contribution in [2.45, 2.75) is 32.6 Å². The zero-order chi connectivity index (χ0) is 14.1. The second kappa shape index (κ2) is 5.19. The molecule has 104 valence electrons. The van der Waals surface area contributed by atoms with Crippen LogP contribution < -0.4 is 5.32 Å². The van der Waals surface area contributed by atoms with Crippen LogP contribution >= 0.6 is 0 Å². The number of halogens is 1. The van der Waals surface area contributed by atoms with Crippen molar-refractivity contribution in [2.75, 3.05) is 12.4 Å². The van der Waals surface area contributed by atoms with Crippen LogP contribution in [0.2, 0.25) is 0 Å². The standard InChI is InChI=1S/C16H18FN3/c1-10-7-8-11(17)9-13(10)16-19-14-6-4-3-5-12(14)15(18-2)20-16/h7-9H,3-6H2,1-2H3,(H,18,19,20). The lowest BCUT2D eigenvalue weighted by molar-refractivity contribution is 0.627. The summed E-state index contributed by atoms with van der Waals surface area (Å²) in [6.45, 7) is 1.95. The minimum absolute atomic E-state index is 0.252. The third-order valence-corrected chi connectivity index (χ3v) is 3.86. The van der Waals surface area contributed by atoms with Gasteiger partial charge in [-0.3, -0.25) is 0 Å². The summed E-state index contributed by atoms with van der Waals surface area (Å²) in [5, 5.41) is 3.15. The molecule has 0 unspecified atom stereocenters. The van der Waals surface area contributed by atoms with Gasteiger partial charge in [-0.25, -0.2) is 14.4 Å². The molecule has 1 heterocycles. The lowest BCUT2D eigenvalue weighted by atomic mass is 9.96. The second-order valence-electron chi connectivity index (χ2n) is 5.24. The van der Waals surface area contributed by atoms with Gasteiger partial charge in [-0.1, -0.05) is 6.07 Å². The molecule has 0 atom stereocenters. The molecule has 0 amide bonds. The van der Waals surface area contributed by atoms with Crippen LogP contribution in [-0.4, -0.2) is 17.0 Å². The first-order chi connectivity index (χ1) is 9.69. The monoisotopic (exact) mass is 271 g/mol. The Morgan fingerprint density at radius 1 is 1.15 bits per heavy atom. The van der Waals surface area contributed by atoms with E-state index in [1.54, 1.807) is 6.07 Å². The van der Waals surface area contributed by atoms with Crippen LogP contribution in [0.4, 0.5) is 10.2 Å². The minimum Gasteiger partial charge on any atom is -0.373 e. The Balaban J connectivity index is 2.17. The highest BCUT2D eigenvalue weighted by Gasteiger charge is 2.18. The average molecular weight is 271 g/mol. The summed E-state index contributed by atoms with van der Waals surface area (Å²) in [7, 11) is 1.87. The number of aromatic nitrogens is 2. The van der Waals surface area contributed by atoms with Gasteiger partial charge >= 0.3 is 0 Å². The van der Waals surface area contributed by atoms with Gasteiger partial charge in [0.05, 0.1) is 0 Å². The van der Waals surface area contributed by atoms with Gasteiger partial charge in [-0.05, 0) is 50.3 Å². The molecule has 0 radical (unpaired) electrons. The van der Waals surface area contributed by atoms with Gasteiger partial charge in [0.1, 0.15) is 11.6 Å². The van der Waals surface area contributed by atoms with Crippen LogP contribution in [-0.2, 0) is 12.8 Å². The average Bonchev–Trinajstić information content (AvgIpc) is 2.48. The van der Waals surface area contributed by atoms with E-state index in [1.807, 2.05) is 14.0 Å². The third kappa shape index (κ3) is 2.26. The molecule has 0 saturated carbocycles. The van der Waals surface area contributed by atoms with E-state index >= 15 is 0 Å². The molecule has 20 heavy (non-hydrogen) atoms. The predicted molar refractivity (Wildman–Crippen MR) is 78.4 cm³/mol. The molecular weight excluding hydrogens is 253 g/mol. The Bertz CT molecular complexity index is 635. The summed E-state index contributed by atoms with van der Waals surface area (Å²) in [5.41, 5.74) is 4.09. The number of rotatable bonds is 2. The Morgan fingerprint density at radius 2 is 1.95 bits per heavy atom. The number of nitrogens with one attached hydrogen (secondary N) is 1. The van der Waals surface area contributed by atoms with Gasteiger partial charge < -0.3 is 5.32 Å². The predicted octanol–water partition coefficient (Wildman–Crippen LogP) is 3.51. The summed E-state index contributed by atoms with van der Waals surface area (Å²) in [4.78, 5) is 9.26. The zero-order valence-corrected chi connectivity index (χ0v) is 11.8. The molecule has 4 heteroatoms. The second-order valence-corrected chi connectivity index (χ2v) is 5.24. The third-order valence-electron chi connectivity index (χ3n) is 3.86. The zero-order valence-electron chi connectivity index (χ0n) is 11.8. The molecular formula is C16H18FN3. The molecule has 1 aromatic heterocycles. The molecule has 3 nitrogen and oxygen atoms in total. The van der Waals surface area contributed by atoms with Crippen molar-refractivity contribution in [1.29, 1.82) is 0 Å². The fourth-order valence-corrected chi connectivity index (χ4v) is 2.76. The maximum absolute atomic E-state index is 13.5. The molecule has 1 aliphatic rings. The number of hydrogen-bond donors (Lipinski definition) is 1. The van der Waals surface area contributed by atoms with Gasteiger partial charge in [-0.15, -0.1) is 0 Å². The van der Waals surface area contributed by atoms with E-state index in [9.17, 15) is 4.39 Å². The minimum atomic E-state index is -0.252. The largest absolute Gasteiger partial charge is 0.373 e. The highest BCUT2D eigenvalue weighted by molar-refractivity contribution is 5.63. The van der Waals surface area contributed by atoms with Gasteiger partial charge in [0, 0.05) is 23.9 Å². The highest BCUT2D eigenvalue weighted by Crippen LogP contribution is 2.29. The quantitative estimate of drug-likeness (QED) is 0.908. The van der Waals surface area contributed by atoms with Gasteiger partial charge in [-0.2, -0.15) is 0 Å². The first kappa shape index (κ1) is 13.0. The highest BCUT2D eigenvalue weighted by atomic mass is 19.1. The summed E-state index contributed by atoms with van der Waals surface area (Å²) in [6, 6.07) is 4.75. The summed E-state index contributed by atoms with van der Waals surface area (Å²) < 4.78 is 13.5. The van der Waals surface area contributed by atoms with E-state index < -0.39 is 0 Å². The van der Waals surface area contributed by atoms with Crippen molar-refractivity contribution in [3.63, 3.8) is 0 Å². The van der Waals surface area contributed by atoms with E-state index in [4.69, 9.17) is 0 Å². The molecule has 1 aromatic carbocycles. The van der Waals surface area contributed by atoms with E-state index in [0.717, 1.165) is 41.9 Å².